The number of likely N-dealkylation sites (tertiary alicyclic amines) is 1. The van der Waals surface area contributed by atoms with E-state index in [0.29, 0.717) is 21.2 Å². The number of thiocarbonyl (C=S) groups is 1. The third-order valence-electron chi connectivity index (χ3n) is 3.98. The molecule has 1 aliphatic heterocycles. The molecule has 0 spiro atoms. The van der Waals surface area contributed by atoms with Crippen molar-refractivity contribution >= 4 is 46.2 Å². The lowest BCUT2D eigenvalue weighted by molar-refractivity contribution is 0.324. The summed E-state index contributed by atoms with van der Waals surface area (Å²) < 4.78 is 0. The average Bonchev–Trinajstić information content (AvgIpc) is 2.94. The molecule has 0 aliphatic carbocycles. The van der Waals surface area contributed by atoms with Gasteiger partial charge in [-0.15, -0.1) is 0 Å². The van der Waals surface area contributed by atoms with Crippen LogP contribution in [0.4, 0.5) is 5.69 Å². The van der Waals surface area contributed by atoms with Crippen LogP contribution in [0.1, 0.15) is 12.0 Å². The van der Waals surface area contributed by atoms with Gasteiger partial charge < -0.3 is 10.6 Å². The average molecular weight is 380 g/mol. The van der Waals surface area contributed by atoms with Gasteiger partial charge in [0.2, 0.25) is 0 Å². The number of hydrogen-bond donors (Lipinski definition) is 2. The highest BCUT2D eigenvalue weighted by Crippen LogP contribution is 2.22. The predicted octanol–water partition coefficient (Wildman–Crippen LogP) is 4.55. The second-order valence-corrected chi connectivity index (χ2v) is 7.24. The molecule has 126 valence electrons. The maximum absolute atomic E-state index is 6.01. The predicted molar refractivity (Wildman–Crippen MR) is 106 cm³/mol. The first kappa shape index (κ1) is 17.5. The Morgan fingerprint density at radius 3 is 2.54 bits per heavy atom. The topological polar surface area (TPSA) is 27.3 Å². The maximum Gasteiger partial charge on any atom is 0.171 e. The summed E-state index contributed by atoms with van der Waals surface area (Å²) in [5.74, 6) is 0. The van der Waals surface area contributed by atoms with Crippen LogP contribution in [0.15, 0.2) is 48.5 Å². The van der Waals surface area contributed by atoms with Crippen LogP contribution in [0.5, 0.6) is 0 Å². The Morgan fingerprint density at radius 2 is 1.83 bits per heavy atom. The van der Waals surface area contributed by atoms with Gasteiger partial charge in [0.25, 0.3) is 0 Å². The molecule has 2 aromatic rings. The number of nitrogens with zero attached hydrogens (tertiary/aromatic N) is 1. The molecule has 3 rings (SSSR count). The van der Waals surface area contributed by atoms with Gasteiger partial charge in [0.15, 0.2) is 5.11 Å². The van der Waals surface area contributed by atoms with E-state index in [-0.39, 0.29) is 0 Å². The lowest BCUT2D eigenvalue weighted by Gasteiger charge is -2.18. The fourth-order valence-electron chi connectivity index (χ4n) is 2.91. The molecule has 6 heteroatoms. The van der Waals surface area contributed by atoms with Crippen molar-refractivity contribution in [2.45, 2.75) is 19.0 Å². The summed E-state index contributed by atoms with van der Waals surface area (Å²) in [5, 5.41) is 8.29. The molecule has 1 atom stereocenters. The van der Waals surface area contributed by atoms with E-state index < -0.39 is 0 Å². The summed E-state index contributed by atoms with van der Waals surface area (Å²) in [6, 6.07) is 16.2. The number of benzene rings is 2. The fourth-order valence-corrected chi connectivity index (χ4v) is 3.72. The molecule has 24 heavy (non-hydrogen) atoms. The van der Waals surface area contributed by atoms with E-state index >= 15 is 0 Å². The molecule has 1 aliphatic rings. The Hall–Kier alpha value is -1.33. The number of nitrogens with one attached hydrogen (secondary N) is 2. The molecule has 2 aromatic carbocycles. The second-order valence-electron chi connectivity index (χ2n) is 5.96. The molecular formula is C18H19Cl2N3S. The molecule has 2 N–H and O–H groups in total. The molecule has 0 saturated carbocycles. The third kappa shape index (κ3) is 5.08. The van der Waals surface area contributed by atoms with Crippen LogP contribution in [0, 0.1) is 0 Å². The second kappa shape index (κ2) is 8.17. The molecule has 0 aromatic heterocycles. The van der Waals surface area contributed by atoms with Crippen LogP contribution in [0.25, 0.3) is 0 Å². The van der Waals surface area contributed by atoms with Crippen molar-refractivity contribution in [3.8, 4) is 0 Å². The highest BCUT2D eigenvalue weighted by Gasteiger charge is 2.22. The smallest absolute Gasteiger partial charge is 0.171 e. The summed E-state index contributed by atoms with van der Waals surface area (Å²) in [5.41, 5.74) is 2.14. The van der Waals surface area contributed by atoms with Gasteiger partial charge in [-0.2, -0.15) is 0 Å². The third-order valence-corrected chi connectivity index (χ3v) is 4.63. The van der Waals surface area contributed by atoms with Crippen LogP contribution in [0.2, 0.25) is 10.0 Å². The molecular weight excluding hydrogens is 361 g/mol. The zero-order chi connectivity index (χ0) is 16.9. The Kier molecular flexibility index (Phi) is 5.95. The van der Waals surface area contributed by atoms with Crippen LogP contribution in [0.3, 0.4) is 0 Å². The lowest BCUT2D eigenvalue weighted by atomic mass is 10.2. The van der Waals surface area contributed by atoms with Crippen molar-refractivity contribution in [1.29, 1.82) is 0 Å². The highest BCUT2D eigenvalue weighted by atomic mass is 35.5. The zero-order valence-electron chi connectivity index (χ0n) is 13.1. The fraction of sp³-hybridized carbons (Fsp3) is 0.278. The van der Waals surface area contributed by atoms with Crippen LogP contribution in [-0.4, -0.2) is 29.1 Å². The minimum atomic E-state index is 0.350. The number of rotatable bonds is 4. The Morgan fingerprint density at radius 1 is 1.12 bits per heavy atom. The Labute approximate surface area is 157 Å². The number of anilines is 1. The van der Waals surface area contributed by atoms with E-state index in [1.165, 1.54) is 5.56 Å². The molecule has 1 fully saturated rings. The van der Waals surface area contributed by atoms with Crippen LogP contribution >= 0.6 is 35.4 Å². The first-order chi connectivity index (χ1) is 11.6. The van der Waals surface area contributed by atoms with Gasteiger partial charge in [0, 0.05) is 41.4 Å². The highest BCUT2D eigenvalue weighted by molar-refractivity contribution is 7.80. The quantitative estimate of drug-likeness (QED) is 0.761. The summed E-state index contributed by atoms with van der Waals surface area (Å²) in [6.07, 6.45) is 1.07. The molecule has 0 unspecified atom stereocenters. The lowest BCUT2D eigenvalue weighted by Crippen LogP contribution is -2.39. The van der Waals surface area contributed by atoms with E-state index in [1.807, 2.05) is 6.07 Å². The summed E-state index contributed by atoms with van der Waals surface area (Å²) in [7, 11) is 0. The summed E-state index contributed by atoms with van der Waals surface area (Å²) >= 11 is 17.4. The van der Waals surface area contributed by atoms with E-state index in [4.69, 9.17) is 35.4 Å². The first-order valence-corrected chi connectivity index (χ1v) is 9.05. The SMILES string of the molecule is S=C(Nc1cc(Cl)cc(Cl)c1)N[C@@H]1CCN(Cc2ccccc2)C1. The normalized spacial score (nSPS) is 17.7. The monoisotopic (exact) mass is 379 g/mol. The maximum atomic E-state index is 6.01. The molecule has 1 heterocycles. The van der Waals surface area contributed by atoms with Gasteiger partial charge >= 0.3 is 0 Å². The molecule has 0 radical (unpaired) electrons. The Balaban J connectivity index is 1.49. The zero-order valence-corrected chi connectivity index (χ0v) is 15.5. The molecule has 0 amide bonds. The number of halogens is 2. The molecule has 1 saturated heterocycles. The van der Waals surface area contributed by atoms with Crippen molar-refractivity contribution in [1.82, 2.24) is 10.2 Å². The van der Waals surface area contributed by atoms with Crippen molar-refractivity contribution in [2.75, 3.05) is 18.4 Å². The van der Waals surface area contributed by atoms with E-state index in [9.17, 15) is 0 Å². The van der Waals surface area contributed by atoms with E-state index in [1.54, 1.807) is 18.2 Å². The number of hydrogen-bond acceptors (Lipinski definition) is 2. The van der Waals surface area contributed by atoms with Crippen molar-refractivity contribution in [3.63, 3.8) is 0 Å². The Bertz CT molecular complexity index is 688. The van der Waals surface area contributed by atoms with Crippen LogP contribution < -0.4 is 10.6 Å². The largest absolute Gasteiger partial charge is 0.358 e. The van der Waals surface area contributed by atoms with E-state index in [0.717, 1.165) is 31.7 Å². The van der Waals surface area contributed by atoms with Gasteiger partial charge in [-0.1, -0.05) is 53.5 Å². The van der Waals surface area contributed by atoms with Gasteiger partial charge in [0.05, 0.1) is 0 Å². The van der Waals surface area contributed by atoms with Crippen molar-refractivity contribution < 1.29 is 0 Å². The van der Waals surface area contributed by atoms with Crippen LogP contribution in [-0.2, 0) is 6.54 Å². The molecule has 0 bridgehead atoms. The van der Waals surface area contributed by atoms with Gasteiger partial charge in [0.1, 0.15) is 0 Å². The van der Waals surface area contributed by atoms with Gasteiger partial charge in [-0.3, -0.25) is 4.90 Å². The minimum absolute atomic E-state index is 0.350. The van der Waals surface area contributed by atoms with Gasteiger partial charge in [-0.25, -0.2) is 0 Å². The minimum Gasteiger partial charge on any atom is -0.358 e. The summed E-state index contributed by atoms with van der Waals surface area (Å²) in [4.78, 5) is 2.44. The van der Waals surface area contributed by atoms with Crippen molar-refractivity contribution in [3.05, 3.63) is 64.1 Å². The van der Waals surface area contributed by atoms with Gasteiger partial charge in [-0.05, 0) is 42.4 Å². The standard InChI is InChI=1S/C18H19Cl2N3S/c19-14-8-15(20)10-17(9-14)22-18(24)21-16-6-7-23(12-16)11-13-4-2-1-3-5-13/h1-5,8-10,16H,6-7,11-12H2,(H2,21,22,24)/t16-/m1/s1. The van der Waals surface area contributed by atoms with E-state index in [2.05, 4.69) is 39.8 Å². The van der Waals surface area contributed by atoms with Crippen molar-refractivity contribution in [2.24, 2.45) is 0 Å². The summed E-state index contributed by atoms with van der Waals surface area (Å²) in [6.45, 7) is 3.02. The first-order valence-electron chi connectivity index (χ1n) is 7.88. The molecule has 3 nitrogen and oxygen atoms in total.